The molecule has 0 aliphatic carbocycles. The number of likely N-dealkylation sites (tertiary alicyclic amines) is 1. The molecule has 1 aliphatic rings. The summed E-state index contributed by atoms with van der Waals surface area (Å²) in [6.45, 7) is 6.15. The van der Waals surface area contributed by atoms with Crippen LogP contribution < -0.4 is 0 Å². The Morgan fingerprint density at radius 2 is 2.20 bits per heavy atom. The second-order valence-corrected chi connectivity index (χ2v) is 4.33. The van der Waals surface area contributed by atoms with Crippen molar-refractivity contribution >= 4 is 11.8 Å². The Bertz CT molecular complexity index is 307. The molecular weight excluding hydrogens is 190 g/mol. The van der Waals surface area contributed by atoms with Crippen LogP contribution in [0, 0.1) is 11.8 Å². The van der Waals surface area contributed by atoms with Gasteiger partial charge in [0.25, 0.3) is 0 Å². The fourth-order valence-corrected chi connectivity index (χ4v) is 1.88. The van der Waals surface area contributed by atoms with Crippen LogP contribution in [0.25, 0.3) is 0 Å². The monoisotopic (exact) mass is 209 g/mol. The van der Waals surface area contributed by atoms with Crippen molar-refractivity contribution in [2.45, 2.75) is 33.6 Å². The van der Waals surface area contributed by atoms with Crippen molar-refractivity contribution < 1.29 is 9.59 Å². The van der Waals surface area contributed by atoms with Gasteiger partial charge in [-0.2, -0.15) is 0 Å². The summed E-state index contributed by atoms with van der Waals surface area (Å²) in [5.74, 6) is -0.0811. The van der Waals surface area contributed by atoms with Crippen LogP contribution in [0.5, 0.6) is 0 Å². The second-order valence-electron chi connectivity index (χ2n) is 4.33. The van der Waals surface area contributed by atoms with Gasteiger partial charge in [-0.05, 0) is 19.3 Å². The summed E-state index contributed by atoms with van der Waals surface area (Å²) in [5.41, 5.74) is 1.28. The second kappa shape index (κ2) is 4.60. The lowest BCUT2D eigenvalue weighted by molar-refractivity contribution is -0.137. The van der Waals surface area contributed by atoms with E-state index in [-0.39, 0.29) is 23.7 Å². The third-order valence-corrected chi connectivity index (χ3v) is 3.16. The van der Waals surface area contributed by atoms with Gasteiger partial charge >= 0.3 is 0 Å². The molecule has 1 aliphatic heterocycles. The quantitative estimate of drug-likeness (QED) is 0.526. The first-order valence-electron chi connectivity index (χ1n) is 5.45. The van der Waals surface area contributed by atoms with E-state index < -0.39 is 0 Å². The fourth-order valence-electron chi connectivity index (χ4n) is 1.88. The highest BCUT2D eigenvalue weighted by molar-refractivity contribution is 6.03. The van der Waals surface area contributed by atoms with Gasteiger partial charge in [-0.1, -0.05) is 25.5 Å². The van der Waals surface area contributed by atoms with Crippen molar-refractivity contribution in [3.8, 4) is 0 Å². The van der Waals surface area contributed by atoms with E-state index in [0.29, 0.717) is 6.42 Å². The van der Waals surface area contributed by atoms with Gasteiger partial charge in [0, 0.05) is 13.5 Å². The number of amides is 2. The van der Waals surface area contributed by atoms with Crippen molar-refractivity contribution in [3.05, 3.63) is 11.6 Å². The summed E-state index contributed by atoms with van der Waals surface area (Å²) < 4.78 is 0. The largest absolute Gasteiger partial charge is 0.285 e. The predicted molar refractivity (Wildman–Crippen MR) is 59.1 cm³/mol. The summed E-state index contributed by atoms with van der Waals surface area (Å²) in [4.78, 5) is 24.3. The molecule has 0 radical (unpaired) electrons. The van der Waals surface area contributed by atoms with Gasteiger partial charge in [0.15, 0.2) is 0 Å². The number of rotatable bonds is 3. The van der Waals surface area contributed by atoms with Crippen molar-refractivity contribution in [2.75, 3.05) is 7.05 Å². The van der Waals surface area contributed by atoms with E-state index in [4.69, 9.17) is 0 Å². The summed E-state index contributed by atoms with van der Waals surface area (Å²) >= 11 is 0. The molecule has 84 valence electrons. The number of imide groups is 1. The highest BCUT2D eigenvalue weighted by Gasteiger charge is 2.38. The maximum atomic E-state index is 11.7. The van der Waals surface area contributed by atoms with E-state index in [1.807, 2.05) is 6.92 Å². The predicted octanol–water partition coefficient (Wildman–Crippen LogP) is 1.98. The molecule has 15 heavy (non-hydrogen) atoms. The zero-order chi connectivity index (χ0) is 11.6. The standard InChI is InChI=1S/C12H19NO2/c1-5-8(2)6-9(3)10-7-11(14)13(4)12(10)15/h6,9-10H,5,7H2,1-4H3/b8-6-. The average Bonchev–Trinajstić information content (AvgIpc) is 2.45. The normalized spacial score (nSPS) is 24.9. The van der Waals surface area contributed by atoms with E-state index in [1.165, 1.54) is 10.5 Å². The van der Waals surface area contributed by atoms with Crippen LogP contribution >= 0.6 is 0 Å². The minimum atomic E-state index is -0.149. The van der Waals surface area contributed by atoms with Gasteiger partial charge < -0.3 is 0 Å². The first-order valence-corrected chi connectivity index (χ1v) is 5.45. The molecule has 0 aromatic heterocycles. The Balaban J connectivity index is 2.74. The highest BCUT2D eigenvalue weighted by atomic mass is 16.2. The van der Waals surface area contributed by atoms with Gasteiger partial charge in [0.05, 0.1) is 5.92 Å². The van der Waals surface area contributed by atoms with E-state index in [9.17, 15) is 9.59 Å². The van der Waals surface area contributed by atoms with E-state index in [1.54, 1.807) is 7.05 Å². The van der Waals surface area contributed by atoms with Gasteiger partial charge in [-0.3, -0.25) is 14.5 Å². The molecule has 1 heterocycles. The summed E-state index contributed by atoms with van der Waals surface area (Å²) in [6.07, 6.45) is 3.47. The van der Waals surface area contributed by atoms with Crippen LogP contribution in [0.2, 0.25) is 0 Å². The molecule has 2 unspecified atom stereocenters. The summed E-state index contributed by atoms with van der Waals surface area (Å²) in [6, 6.07) is 0. The molecule has 0 aromatic carbocycles. The lowest BCUT2D eigenvalue weighted by atomic mass is 9.90. The fraction of sp³-hybridized carbons (Fsp3) is 0.667. The van der Waals surface area contributed by atoms with Gasteiger partial charge in [0.2, 0.25) is 11.8 Å². The smallest absolute Gasteiger partial charge is 0.233 e. The number of nitrogens with zero attached hydrogens (tertiary/aromatic N) is 1. The van der Waals surface area contributed by atoms with Crippen LogP contribution in [0.4, 0.5) is 0 Å². The minimum absolute atomic E-state index is 0.0346. The molecule has 0 spiro atoms. The molecule has 0 aromatic rings. The number of carbonyl (C=O) groups is 2. The van der Waals surface area contributed by atoms with Crippen LogP contribution in [0.1, 0.15) is 33.6 Å². The molecule has 1 rings (SSSR count). The van der Waals surface area contributed by atoms with Gasteiger partial charge in [-0.15, -0.1) is 0 Å². The van der Waals surface area contributed by atoms with Crippen molar-refractivity contribution in [3.63, 3.8) is 0 Å². The Morgan fingerprint density at radius 1 is 1.60 bits per heavy atom. The number of carbonyl (C=O) groups excluding carboxylic acids is 2. The Morgan fingerprint density at radius 3 is 2.60 bits per heavy atom. The minimum Gasteiger partial charge on any atom is -0.285 e. The molecule has 0 N–H and O–H groups in total. The average molecular weight is 209 g/mol. The van der Waals surface area contributed by atoms with Crippen molar-refractivity contribution in [2.24, 2.45) is 11.8 Å². The molecule has 1 saturated heterocycles. The van der Waals surface area contributed by atoms with Crippen LogP contribution in [-0.2, 0) is 9.59 Å². The third kappa shape index (κ3) is 2.46. The van der Waals surface area contributed by atoms with Crippen molar-refractivity contribution in [1.29, 1.82) is 0 Å². The number of allylic oxidation sites excluding steroid dienone is 2. The zero-order valence-electron chi connectivity index (χ0n) is 9.91. The first kappa shape index (κ1) is 12.0. The van der Waals surface area contributed by atoms with Crippen LogP contribution in [-0.4, -0.2) is 23.8 Å². The topological polar surface area (TPSA) is 37.4 Å². The van der Waals surface area contributed by atoms with Crippen molar-refractivity contribution in [1.82, 2.24) is 4.90 Å². The molecule has 1 fully saturated rings. The Hall–Kier alpha value is -1.12. The van der Waals surface area contributed by atoms with E-state index >= 15 is 0 Å². The summed E-state index contributed by atoms with van der Waals surface area (Å²) in [5, 5.41) is 0. The Kier molecular flexibility index (Phi) is 3.66. The lowest BCUT2D eigenvalue weighted by Crippen LogP contribution is -2.27. The number of hydrogen-bond acceptors (Lipinski definition) is 2. The van der Waals surface area contributed by atoms with Gasteiger partial charge in [-0.25, -0.2) is 0 Å². The lowest BCUT2D eigenvalue weighted by Gasteiger charge is -2.14. The van der Waals surface area contributed by atoms with E-state index in [2.05, 4.69) is 19.9 Å². The van der Waals surface area contributed by atoms with Crippen LogP contribution in [0.3, 0.4) is 0 Å². The molecule has 0 bridgehead atoms. The Labute approximate surface area is 91.1 Å². The first-order chi connectivity index (χ1) is 6.97. The molecule has 2 amide bonds. The molecule has 3 heteroatoms. The van der Waals surface area contributed by atoms with E-state index in [0.717, 1.165) is 6.42 Å². The molecule has 2 atom stereocenters. The summed E-state index contributed by atoms with van der Waals surface area (Å²) in [7, 11) is 1.56. The maximum Gasteiger partial charge on any atom is 0.233 e. The molecule has 0 saturated carbocycles. The number of hydrogen-bond donors (Lipinski definition) is 0. The maximum absolute atomic E-state index is 11.7. The zero-order valence-corrected chi connectivity index (χ0v) is 9.91. The van der Waals surface area contributed by atoms with Gasteiger partial charge in [0.1, 0.15) is 0 Å². The third-order valence-electron chi connectivity index (χ3n) is 3.16. The molecular formula is C12H19NO2. The highest BCUT2D eigenvalue weighted by Crippen LogP contribution is 2.27. The SMILES string of the molecule is CC/C(C)=C\C(C)C1CC(=O)N(C)C1=O. The molecule has 3 nitrogen and oxygen atoms in total. The van der Waals surface area contributed by atoms with Crippen LogP contribution in [0.15, 0.2) is 11.6 Å².